The number of hydrogen-bond donors (Lipinski definition) is 1. The maximum absolute atomic E-state index is 4.46. The van der Waals surface area contributed by atoms with Crippen molar-refractivity contribution in [2.75, 3.05) is 0 Å². The molecule has 0 aliphatic carbocycles. The zero-order valence-electron chi connectivity index (χ0n) is 11.2. The summed E-state index contributed by atoms with van der Waals surface area (Å²) in [5.41, 5.74) is 3.91. The first-order valence-corrected chi connectivity index (χ1v) is 7.22. The summed E-state index contributed by atoms with van der Waals surface area (Å²) in [5, 5.41) is 6.81. The Labute approximate surface area is 113 Å². The Bertz CT molecular complexity index is 505. The molecule has 2 aromatic rings. The summed E-state index contributed by atoms with van der Waals surface area (Å²) in [5.74, 6) is 0. The molecule has 0 aliphatic rings. The number of thiazole rings is 1. The average Bonchev–Trinajstić information content (AvgIpc) is 2.76. The average molecular weight is 260 g/mol. The molecule has 0 saturated heterocycles. The van der Waals surface area contributed by atoms with Crippen LogP contribution in [-0.2, 0) is 13.0 Å². The van der Waals surface area contributed by atoms with Gasteiger partial charge in [0.2, 0.25) is 0 Å². The number of hydrogen-bond acceptors (Lipinski definition) is 3. The Hall–Kier alpha value is -1.19. The topological polar surface area (TPSA) is 24.9 Å². The second-order valence-corrected chi connectivity index (χ2v) is 5.74. The van der Waals surface area contributed by atoms with Crippen molar-refractivity contribution in [1.29, 1.82) is 0 Å². The molecule has 1 aromatic heterocycles. The number of nitrogens with zero attached hydrogens (tertiary/aromatic N) is 1. The van der Waals surface area contributed by atoms with E-state index in [1.165, 1.54) is 16.1 Å². The van der Waals surface area contributed by atoms with E-state index in [2.05, 4.69) is 53.8 Å². The summed E-state index contributed by atoms with van der Waals surface area (Å²) in [4.78, 5) is 4.46. The largest absolute Gasteiger partial charge is 0.308 e. The van der Waals surface area contributed by atoms with Crippen LogP contribution in [0.2, 0.25) is 0 Å². The molecule has 0 aliphatic heterocycles. The van der Waals surface area contributed by atoms with Crippen LogP contribution in [-0.4, -0.2) is 11.0 Å². The monoisotopic (exact) mass is 260 g/mol. The van der Waals surface area contributed by atoms with E-state index in [9.17, 15) is 0 Å². The van der Waals surface area contributed by atoms with Crippen LogP contribution in [0.5, 0.6) is 0 Å². The summed E-state index contributed by atoms with van der Waals surface area (Å²) in [6, 6.07) is 9.05. The van der Waals surface area contributed by atoms with Crippen LogP contribution < -0.4 is 5.32 Å². The molecule has 0 fully saturated rings. The highest BCUT2D eigenvalue weighted by Gasteiger charge is 2.06. The van der Waals surface area contributed by atoms with E-state index in [4.69, 9.17) is 0 Å². The molecule has 1 aromatic carbocycles. The maximum Gasteiger partial charge on any atom is 0.107 e. The third-order valence-electron chi connectivity index (χ3n) is 3.06. The molecule has 2 nitrogen and oxygen atoms in total. The van der Waals surface area contributed by atoms with E-state index in [-0.39, 0.29) is 0 Å². The number of aryl methyl sites for hydroxylation is 2. The minimum Gasteiger partial charge on any atom is -0.308 e. The van der Waals surface area contributed by atoms with E-state index in [0.29, 0.717) is 6.04 Å². The van der Waals surface area contributed by atoms with Gasteiger partial charge in [-0.1, -0.05) is 24.3 Å². The van der Waals surface area contributed by atoms with Crippen LogP contribution in [0.4, 0.5) is 0 Å². The molecule has 3 heteroatoms. The predicted octanol–water partition coefficient (Wildman–Crippen LogP) is 3.48. The highest BCUT2D eigenvalue weighted by atomic mass is 32.1. The van der Waals surface area contributed by atoms with Gasteiger partial charge in [-0.05, 0) is 38.3 Å². The lowest BCUT2D eigenvalue weighted by Crippen LogP contribution is -2.27. The zero-order chi connectivity index (χ0) is 13.0. The second kappa shape index (κ2) is 6.12. The summed E-state index contributed by atoms with van der Waals surface area (Å²) in [6.45, 7) is 7.31. The van der Waals surface area contributed by atoms with Gasteiger partial charge in [0.25, 0.3) is 0 Å². The number of benzene rings is 1. The fourth-order valence-electron chi connectivity index (χ4n) is 1.99. The molecule has 1 unspecified atom stereocenters. The van der Waals surface area contributed by atoms with Crippen molar-refractivity contribution in [3.63, 3.8) is 0 Å². The lowest BCUT2D eigenvalue weighted by atomic mass is 10.0. The van der Waals surface area contributed by atoms with Crippen LogP contribution in [0, 0.1) is 13.8 Å². The molecule has 2 rings (SSSR count). The van der Waals surface area contributed by atoms with Gasteiger partial charge >= 0.3 is 0 Å². The Kier molecular flexibility index (Phi) is 4.50. The van der Waals surface area contributed by atoms with Gasteiger partial charge < -0.3 is 5.32 Å². The smallest absolute Gasteiger partial charge is 0.107 e. The Balaban J connectivity index is 1.85. The quantitative estimate of drug-likeness (QED) is 0.890. The van der Waals surface area contributed by atoms with Gasteiger partial charge in [0.05, 0.1) is 0 Å². The maximum atomic E-state index is 4.46. The van der Waals surface area contributed by atoms with Gasteiger partial charge in [-0.2, -0.15) is 0 Å². The highest BCUT2D eigenvalue weighted by molar-refractivity contribution is 7.09. The Morgan fingerprint density at radius 2 is 2.06 bits per heavy atom. The number of aromatic nitrogens is 1. The molecule has 18 heavy (non-hydrogen) atoms. The zero-order valence-corrected chi connectivity index (χ0v) is 12.1. The van der Waals surface area contributed by atoms with E-state index >= 15 is 0 Å². The predicted molar refractivity (Wildman–Crippen MR) is 78.0 cm³/mol. The minimum absolute atomic E-state index is 0.468. The van der Waals surface area contributed by atoms with Crippen molar-refractivity contribution < 1.29 is 0 Å². The van der Waals surface area contributed by atoms with Crippen LogP contribution in [0.1, 0.15) is 28.8 Å². The fraction of sp³-hybridized carbons (Fsp3) is 0.400. The molecule has 1 N–H and O–H groups in total. The first-order chi connectivity index (χ1) is 8.65. The molecule has 0 radical (unpaired) electrons. The summed E-state index contributed by atoms with van der Waals surface area (Å²) in [7, 11) is 0. The normalized spacial score (nSPS) is 12.6. The van der Waals surface area contributed by atoms with Crippen molar-refractivity contribution in [3.8, 4) is 0 Å². The van der Waals surface area contributed by atoms with E-state index in [1.54, 1.807) is 11.3 Å². The fourth-order valence-corrected chi connectivity index (χ4v) is 2.71. The Morgan fingerprint density at radius 1 is 1.28 bits per heavy atom. The molecule has 0 saturated carbocycles. The molecule has 0 amide bonds. The van der Waals surface area contributed by atoms with Gasteiger partial charge in [-0.3, -0.25) is 0 Å². The standard InChI is InChI=1S/C15H20N2S/c1-11-6-4-5-7-14(11)8-12(2)16-9-15-17-13(3)10-18-15/h4-7,10,12,16H,8-9H2,1-3H3. The highest BCUT2D eigenvalue weighted by Crippen LogP contribution is 2.11. The third kappa shape index (κ3) is 3.65. The Morgan fingerprint density at radius 3 is 2.72 bits per heavy atom. The molecular formula is C15H20N2S. The lowest BCUT2D eigenvalue weighted by Gasteiger charge is -2.14. The molecule has 0 bridgehead atoms. The van der Waals surface area contributed by atoms with Crippen LogP contribution in [0.15, 0.2) is 29.6 Å². The van der Waals surface area contributed by atoms with Crippen molar-refractivity contribution in [2.24, 2.45) is 0 Å². The van der Waals surface area contributed by atoms with Crippen molar-refractivity contribution >= 4 is 11.3 Å². The van der Waals surface area contributed by atoms with Gasteiger partial charge in [0, 0.05) is 23.7 Å². The van der Waals surface area contributed by atoms with Gasteiger partial charge in [0.15, 0.2) is 0 Å². The number of rotatable bonds is 5. The second-order valence-electron chi connectivity index (χ2n) is 4.80. The van der Waals surface area contributed by atoms with Crippen LogP contribution >= 0.6 is 11.3 Å². The molecule has 0 spiro atoms. The van der Waals surface area contributed by atoms with Gasteiger partial charge in [0.1, 0.15) is 5.01 Å². The van der Waals surface area contributed by atoms with E-state index in [0.717, 1.165) is 18.7 Å². The third-order valence-corrected chi connectivity index (χ3v) is 4.02. The molecular weight excluding hydrogens is 240 g/mol. The molecule has 1 heterocycles. The van der Waals surface area contributed by atoms with E-state index in [1.807, 2.05) is 6.92 Å². The summed E-state index contributed by atoms with van der Waals surface area (Å²) < 4.78 is 0. The van der Waals surface area contributed by atoms with Gasteiger partial charge in [-0.25, -0.2) is 4.98 Å². The first kappa shape index (κ1) is 13.2. The molecule has 96 valence electrons. The first-order valence-electron chi connectivity index (χ1n) is 6.34. The summed E-state index contributed by atoms with van der Waals surface area (Å²) in [6.07, 6.45) is 1.07. The minimum atomic E-state index is 0.468. The van der Waals surface area contributed by atoms with Crippen LogP contribution in [0.3, 0.4) is 0 Å². The van der Waals surface area contributed by atoms with Crippen molar-refractivity contribution in [2.45, 2.75) is 39.8 Å². The SMILES string of the molecule is Cc1csc(CNC(C)Cc2ccccc2C)n1. The van der Waals surface area contributed by atoms with Gasteiger partial charge in [-0.15, -0.1) is 11.3 Å². The van der Waals surface area contributed by atoms with E-state index < -0.39 is 0 Å². The molecule has 1 atom stereocenters. The summed E-state index contributed by atoms with van der Waals surface area (Å²) >= 11 is 1.73. The number of nitrogens with one attached hydrogen (secondary N) is 1. The lowest BCUT2D eigenvalue weighted by molar-refractivity contribution is 0.543. The van der Waals surface area contributed by atoms with Crippen molar-refractivity contribution in [3.05, 3.63) is 51.5 Å². The van der Waals surface area contributed by atoms with Crippen LogP contribution in [0.25, 0.3) is 0 Å². The van der Waals surface area contributed by atoms with Crippen molar-refractivity contribution in [1.82, 2.24) is 10.3 Å².